The van der Waals surface area contributed by atoms with Gasteiger partial charge in [-0.1, -0.05) is 6.08 Å². The molecular weight excluding hydrogens is 262 g/mol. The molecule has 108 valence electrons. The molecule has 20 heavy (non-hydrogen) atoms. The van der Waals surface area contributed by atoms with E-state index >= 15 is 0 Å². The molecule has 7 heteroatoms. The van der Waals surface area contributed by atoms with Crippen LogP contribution in [0.5, 0.6) is 0 Å². The summed E-state index contributed by atoms with van der Waals surface area (Å²) in [5.74, 6) is -1.60. The predicted octanol–water partition coefficient (Wildman–Crippen LogP) is -0.819. The first-order chi connectivity index (χ1) is 9.65. The Bertz CT molecular complexity index is 437. The SMILES string of the molecule is O=C1C=CC(C(=O)NCC(=O)NCC2CCCO2)C=N1. The van der Waals surface area contributed by atoms with Gasteiger partial charge in [0.1, 0.15) is 0 Å². The minimum absolute atomic E-state index is 0.0778. The number of carbonyl (C=O) groups excluding carboxylic acids is 3. The third-order valence-electron chi connectivity index (χ3n) is 3.09. The summed E-state index contributed by atoms with van der Waals surface area (Å²) in [6, 6.07) is 0. The molecule has 0 aromatic rings. The van der Waals surface area contributed by atoms with Gasteiger partial charge in [0.2, 0.25) is 11.8 Å². The summed E-state index contributed by atoms with van der Waals surface area (Å²) in [6.07, 6.45) is 6.00. The Kier molecular flexibility index (Phi) is 5.00. The zero-order valence-electron chi connectivity index (χ0n) is 11.0. The number of hydrogen-bond acceptors (Lipinski definition) is 4. The molecule has 2 rings (SSSR count). The molecular formula is C13H17N3O4. The zero-order chi connectivity index (χ0) is 14.4. The van der Waals surface area contributed by atoms with Crippen LogP contribution in [0.2, 0.25) is 0 Å². The lowest BCUT2D eigenvalue weighted by Gasteiger charge is -2.13. The molecule has 2 N–H and O–H groups in total. The number of dihydropyridines is 1. The quantitative estimate of drug-likeness (QED) is 0.687. The predicted molar refractivity (Wildman–Crippen MR) is 71.1 cm³/mol. The van der Waals surface area contributed by atoms with Gasteiger partial charge in [-0.3, -0.25) is 14.4 Å². The van der Waals surface area contributed by atoms with Gasteiger partial charge in [0.05, 0.1) is 18.6 Å². The Balaban J connectivity index is 1.65. The van der Waals surface area contributed by atoms with Gasteiger partial charge in [-0.05, 0) is 12.8 Å². The normalized spacial score (nSPS) is 24.7. The van der Waals surface area contributed by atoms with E-state index in [2.05, 4.69) is 15.6 Å². The van der Waals surface area contributed by atoms with E-state index in [9.17, 15) is 14.4 Å². The van der Waals surface area contributed by atoms with Crippen LogP contribution in [0, 0.1) is 5.92 Å². The summed E-state index contributed by atoms with van der Waals surface area (Å²) in [6.45, 7) is 1.11. The number of nitrogens with zero attached hydrogens (tertiary/aromatic N) is 1. The molecule has 1 fully saturated rings. The van der Waals surface area contributed by atoms with Gasteiger partial charge in [-0.15, -0.1) is 0 Å². The molecule has 0 bridgehead atoms. The smallest absolute Gasteiger partial charge is 0.269 e. The molecule has 2 heterocycles. The highest BCUT2D eigenvalue weighted by molar-refractivity contribution is 6.05. The van der Waals surface area contributed by atoms with Crippen LogP contribution in [0.4, 0.5) is 0 Å². The van der Waals surface area contributed by atoms with E-state index in [-0.39, 0.29) is 30.4 Å². The van der Waals surface area contributed by atoms with Crippen LogP contribution in [0.3, 0.4) is 0 Å². The van der Waals surface area contributed by atoms with Crippen molar-refractivity contribution in [2.75, 3.05) is 19.7 Å². The fraction of sp³-hybridized carbons (Fsp3) is 0.538. The molecule has 0 aromatic heterocycles. The maximum absolute atomic E-state index is 11.7. The highest BCUT2D eigenvalue weighted by Crippen LogP contribution is 2.10. The van der Waals surface area contributed by atoms with E-state index in [0.29, 0.717) is 6.54 Å². The van der Waals surface area contributed by atoms with Gasteiger partial charge in [-0.25, -0.2) is 4.99 Å². The second-order valence-corrected chi connectivity index (χ2v) is 4.66. The summed E-state index contributed by atoms with van der Waals surface area (Å²) in [4.78, 5) is 37.6. The van der Waals surface area contributed by atoms with Gasteiger partial charge >= 0.3 is 0 Å². The lowest BCUT2D eigenvalue weighted by Crippen LogP contribution is -2.42. The van der Waals surface area contributed by atoms with Crippen LogP contribution in [-0.2, 0) is 19.1 Å². The van der Waals surface area contributed by atoms with E-state index < -0.39 is 5.92 Å². The number of carbonyl (C=O) groups is 3. The Morgan fingerprint density at radius 2 is 2.25 bits per heavy atom. The van der Waals surface area contributed by atoms with Crippen LogP contribution >= 0.6 is 0 Å². The van der Waals surface area contributed by atoms with Crippen molar-refractivity contribution < 1.29 is 19.1 Å². The summed E-state index contributed by atoms with van der Waals surface area (Å²) in [5, 5.41) is 5.20. The summed E-state index contributed by atoms with van der Waals surface area (Å²) < 4.78 is 5.37. The molecule has 3 amide bonds. The van der Waals surface area contributed by atoms with Crippen molar-refractivity contribution in [2.45, 2.75) is 18.9 Å². The number of aliphatic imine (C=N–C) groups is 1. The average Bonchev–Trinajstić information content (AvgIpc) is 2.96. The minimum atomic E-state index is -0.598. The molecule has 0 aliphatic carbocycles. The Labute approximate surface area is 116 Å². The van der Waals surface area contributed by atoms with Gasteiger partial charge in [0, 0.05) is 25.4 Å². The molecule has 0 spiro atoms. The fourth-order valence-corrected chi connectivity index (χ4v) is 1.97. The highest BCUT2D eigenvalue weighted by Gasteiger charge is 2.18. The maximum Gasteiger partial charge on any atom is 0.269 e. The second-order valence-electron chi connectivity index (χ2n) is 4.66. The van der Waals surface area contributed by atoms with Gasteiger partial charge in [0.25, 0.3) is 5.91 Å². The lowest BCUT2D eigenvalue weighted by atomic mass is 10.1. The number of nitrogens with one attached hydrogen (secondary N) is 2. The van der Waals surface area contributed by atoms with Crippen molar-refractivity contribution in [3.8, 4) is 0 Å². The molecule has 0 saturated carbocycles. The molecule has 0 radical (unpaired) electrons. The molecule has 2 aliphatic heterocycles. The van der Waals surface area contributed by atoms with Crippen LogP contribution in [0.1, 0.15) is 12.8 Å². The van der Waals surface area contributed by atoms with Crippen LogP contribution in [0.15, 0.2) is 17.1 Å². The van der Waals surface area contributed by atoms with E-state index in [1.54, 1.807) is 0 Å². The number of ether oxygens (including phenoxy) is 1. The topological polar surface area (TPSA) is 96.9 Å². The maximum atomic E-state index is 11.7. The standard InChI is InChI=1S/C13H17N3O4/c17-11-4-3-9(6-14-11)13(19)16-8-12(18)15-7-10-2-1-5-20-10/h3-4,6,9-10H,1-2,5,7-8H2,(H,15,18)(H,16,19). The van der Waals surface area contributed by atoms with Crippen molar-refractivity contribution in [3.05, 3.63) is 12.2 Å². The fourth-order valence-electron chi connectivity index (χ4n) is 1.97. The Hall–Kier alpha value is -2.02. The van der Waals surface area contributed by atoms with Crippen LogP contribution in [-0.4, -0.2) is 49.7 Å². The first-order valence-electron chi connectivity index (χ1n) is 6.57. The lowest BCUT2D eigenvalue weighted by molar-refractivity contribution is -0.126. The molecule has 2 aliphatic rings. The van der Waals surface area contributed by atoms with Crippen molar-refractivity contribution >= 4 is 23.9 Å². The van der Waals surface area contributed by atoms with Gasteiger partial charge in [-0.2, -0.15) is 0 Å². The molecule has 2 atom stereocenters. The van der Waals surface area contributed by atoms with Gasteiger partial charge < -0.3 is 15.4 Å². The number of hydrogen-bond donors (Lipinski definition) is 2. The van der Waals surface area contributed by atoms with E-state index in [4.69, 9.17) is 4.74 Å². The van der Waals surface area contributed by atoms with Crippen molar-refractivity contribution in [3.63, 3.8) is 0 Å². The monoisotopic (exact) mass is 279 g/mol. The summed E-state index contributed by atoms with van der Waals surface area (Å²) >= 11 is 0. The first kappa shape index (κ1) is 14.4. The molecule has 7 nitrogen and oxygen atoms in total. The largest absolute Gasteiger partial charge is 0.376 e. The Morgan fingerprint density at radius 3 is 2.90 bits per heavy atom. The van der Waals surface area contributed by atoms with Crippen molar-refractivity contribution in [2.24, 2.45) is 10.9 Å². The summed E-state index contributed by atoms with van der Waals surface area (Å²) in [7, 11) is 0. The first-order valence-corrected chi connectivity index (χ1v) is 6.57. The summed E-state index contributed by atoms with van der Waals surface area (Å²) in [5.41, 5.74) is 0. The number of rotatable bonds is 5. The van der Waals surface area contributed by atoms with Crippen molar-refractivity contribution in [1.29, 1.82) is 0 Å². The van der Waals surface area contributed by atoms with E-state index in [0.717, 1.165) is 19.4 Å². The van der Waals surface area contributed by atoms with E-state index in [1.807, 2.05) is 0 Å². The number of amides is 3. The average molecular weight is 279 g/mol. The molecule has 1 saturated heterocycles. The van der Waals surface area contributed by atoms with Crippen LogP contribution < -0.4 is 10.6 Å². The van der Waals surface area contributed by atoms with Gasteiger partial charge in [0.15, 0.2) is 0 Å². The highest BCUT2D eigenvalue weighted by atomic mass is 16.5. The minimum Gasteiger partial charge on any atom is -0.376 e. The Morgan fingerprint density at radius 1 is 1.40 bits per heavy atom. The third kappa shape index (κ3) is 4.27. The van der Waals surface area contributed by atoms with Crippen LogP contribution in [0.25, 0.3) is 0 Å². The second kappa shape index (κ2) is 6.95. The van der Waals surface area contributed by atoms with E-state index in [1.165, 1.54) is 18.4 Å². The molecule has 2 unspecified atom stereocenters. The third-order valence-corrected chi connectivity index (χ3v) is 3.09. The molecule has 0 aromatic carbocycles. The van der Waals surface area contributed by atoms with Crippen molar-refractivity contribution in [1.82, 2.24) is 10.6 Å². The zero-order valence-corrected chi connectivity index (χ0v) is 11.0.